The first-order valence-corrected chi connectivity index (χ1v) is 11.9. The number of rotatable bonds is 6. The summed E-state index contributed by atoms with van der Waals surface area (Å²) in [6.45, 7) is 3.68. The Kier molecular flexibility index (Phi) is 6.42. The van der Waals surface area contributed by atoms with Crippen molar-refractivity contribution in [2.45, 2.75) is 76.7 Å². The van der Waals surface area contributed by atoms with Crippen LogP contribution in [0.25, 0.3) is 0 Å². The van der Waals surface area contributed by atoms with Gasteiger partial charge >= 0.3 is 0 Å². The Labute approximate surface area is 178 Å². The smallest absolute Gasteiger partial charge is 0.123 e. The molecule has 29 heavy (non-hydrogen) atoms. The molecule has 0 aromatic heterocycles. The number of nitrogens with one attached hydrogen (secondary N) is 1. The molecule has 0 bridgehead atoms. The van der Waals surface area contributed by atoms with Crippen molar-refractivity contribution in [2.24, 2.45) is 5.41 Å². The molecule has 2 saturated carbocycles. The molecule has 2 aromatic rings. The lowest BCUT2D eigenvalue weighted by molar-refractivity contribution is 0.109. The topological polar surface area (TPSA) is 12.0 Å². The van der Waals surface area contributed by atoms with Crippen LogP contribution in [0.15, 0.2) is 42.5 Å². The van der Waals surface area contributed by atoms with E-state index in [4.69, 9.17) is 0 Å². The van der Waals surface area contributed by atoms with Crippen LogP contribution in [0.5, 0.6) is 0 Å². The Morgan fingerprint density at radius 1 is 0.966 bits per heavy atom. The third kappa shape index (κ3) is 4.92. The third-order valence-corrected chi connectivity index (χ3v) is 7.86. The van der Waals surface area contributed by atoms with E-state index in [2.05, 4.69) is 44.9 Å². The van der Waals surface area contributed by atoms with Gasteiger partial charge in [-0.1, -0.05) is 49.6 Å². The van der Waals surface area contributed by atoms with Crippen LogP contribution in [-0.4, -0.2) is 6.54 Å². The van der Waals surface area contributed by atoms with E-state index >= 15 is 0 Å². The van der Waals surface area contributed by atoms with E-state index in [1.165, 1.54) is 68.7 Å². The van der Waals surface area contributed by atoms with Gasteiger partial charge in [-0.05, 0) is 97.0 Å². The van der Waals surface area contributed by atoms with Gasteiger partial charge in [-0.2, -0.15) is 0 Å². The highest BCUT2D eigenvalue weighted by molar-refractivity contribution is 7.27. The molecule has 2 aliphatic carbocycles. The van der Waals surface area contributed by atoms with Gasteiger partial charge in [-0.3, -0.25) is 0 Å². The van der Waals surface area contributed by atoms with Gasteiger partial charge in [0.05, 0.1) is 0 Å². The molecule has 0 saturated heterocycles. The molecule has 0 aliphatic heterocycles. The molecule has 1 spiro atoms. The van der Waals surface area contributed by atoms with Crippen LogP contribution in [0.3, 0.4) is 0 Å². The van der Waals surface area contributed by atoms with E-state index in [9.17, 15) is 4.39 Å². The highest BCUT2D eigenvalue weighted by Crippen LogP contribution is 2.56. The first-order chi connectivity index (χ1) is 14.0. The van der Waals surface area contributed by atoms with Gasteiger partial charge in [-0.15, -0.1) is 9.24 Å². The van der Waals surface area contributed by atoms with Gasteiger partial charge in [-0.25, -0.2) is 4.39 Å². The van der Waals surface area contributed by atoms with Crippen molar-refractivity contribution >= 4 is 14.5 Å². The second-order valence-electron chi connectivity index (χ2n) is 9.70. The maximum absolute atomic E-state index is 13.7. The Morgan fingerprint density at radius 3 is 2.41 bits per heavy atom. The summed E-state index contributed by atoms with van der Waals surface area (Å²) in [6, 6.07) is 14.6. The standard InChI is InChI=1S/C26H35FNP/c1-20-15-21(17-23(27)16-20)18-28-14-13-26(22-5-7-24(29)8-6-22)12-4-11-25(19-26)9-2-3-10-25/h5-8,15-17,28H,2-4,9-14,18-19,29H2,1H3. The van der Waals surface area contributed by atoms with Gasteiger partial charge in [0.25, 0.3) is 0 Å². The zero-order valence-electron chi connectivity index (χ0n) is 17.8. The minimum absolute atomic E-state index is 0.133. The monoisotopic (exact) mass is 411 g/mol. The molecule has 3 heteroatoms. The summed E-state index contributed by atoms with van der Waals surface area (Å²) in [5, 5.41) is 4.88. The number of hydrogen-bond donors (Lipinski definition) is 1. The maximum atomic E-state index is 13.7. The average Bonchev–Trinajstić information content (AvgIpc) is 3.12. The zero-order chi connectivity index (χ0) is 20.3. The zero-order valence-corrected chi connectivity index (χ0v) is 18.9. The minimum atomic E-state index is -0.133. The molecule has 2 unspecified atom stereocenters. The third-order valence-electron chi connectivity index (χ3n) is 7.47. The van der Waals surface area contributed by atoms with Crippen molar-refractivity contribution in [1.29, 1.82) is 0 Å². The lowest BCUT2D eigenvalue weighted by Gasteiger charge is -2.47. The first kappa shape index (κ1) is 21.0. The summed E-state index contributed by atoms with van der Waals surface area (Å²) in [6.07, 6.45) is 12.3. The van der Waals surface area contributed by atoms with Gasteiger partial charge < -0.3 is 5.32 Å². The highest BCUT2D eigenvalue weighted by atomic mass is 31.0. The van der Waals surface area contributed by atoms with Crippen LogP contribution in [0.4, 0.5) is 4.39 Å². The minimum Gasteiger partial charge on any atom is -0.313 e. The Hall–Kier alpha value is -1.24. The molecule has 4 rings (SSSR count). The van der Waals surface area contributed by atoms with Crippen LogP contribution >= 0.6 is 9.24 Å². The van der Waals surface area contributed by atoms with Crippen LogP contribution in [0.2, 0.25) is 0 Å². The fourth-order valence-electron chi connectivity index (χ4n) is 6.16. The Bertz CT molecular complexity index is 805. The van der Waals surface area contributed by atoms with Gasteiger partial charge in [0.2, 0.25) is 0 Å². The number of benzene rings is 2. The molecule has 2 aliphatic rings. The normalized spacial score (nSPS) is 23.6. The Morgan fingerprint density at radius 2 is 1.69 bits per heavy atom. The second-order valence-corrected chi connectivity index (χ2v) is 10.4. The molecule has 2 aromatic carbocycles. The lowest BCUT2D eigenvalue weighted by atomic mass is 9.57. The van der Waals surface area contributed by atoms with E-state index < -0.39 is 0 Å². The van der Waals surface area contributed by atoms with Gasteiger partial charge in [0.15, 0.2) is 0 Å². The fraction of sp³-hybridized carbons (Fsp3) is 0.538. The van der Waals surface area contributed by atoms with Crippen molar-refractivity contribution in [3.8, 4) is 0 Å². The average molecular weight is 412 g/mol. The number of aryl methyl sites for hydroxylation is 1. The van der Waals surface area contributed by atoms with Crippen LogP contribution in [0, 0.1) is 18.2 Å². The number of hydrogen-bond acceptors (Lipinski definition) is 1. The van der Waals surface area contributed by atoms with Crippen LogP contribution in [-0.2, 0) is 12.0 Å². The number of halogens is 1. The molecule has 0 amide bonds. The molecule has 156 valence electrons. The predicted octanol–water partition coefficient (Wildman–Crippen LogP) is 6.19. The molecule has 1 N–H and O–H groups in total. The maximum Gasteiger partial charge on any atom is 0.123 e. The van der Waals surface area contributed by atoms with Crippen molar-refractivity contribution < 1.29 is 4.39 Å². The van der Waals surface area contributed by atoms with Crippen molar-refractivity contribution in [1.82, 2.24) is 5.32 Å². The molecular weight excluding hydrogens is 376 g/mol. The van der Waals surface area contributed by atoms with Crippen molar-refractivity contribution in [3.05, 3.63) is 65.0 Å². The summed E-state index contributed by atoms with van der Waals surface area (Å²) in [7, 11) is 2.81. The molecule has 2 atom stereocenters. The molecule has 0 heterocycles. The molecule has 0 radical (unpaired) electrons. The van der Waals surface area contributed by atoms with Gasteiger partial charge in [0.1, 0.15) is 5.82 Å². The predicted molar refractivity (Wildman–Crippen MR) is 124 cm³/mol. The summed E-state index contributed by atoms with van der Waals surface area (Å²) in [5.74, 6) is -0.133. The quantitative estimate of drug-likeness (QED) is 0.442. The fourth-order valence-corrected chi connectivity index (χ4v) is 6.36. The van der Waals surface area contributed by atoms with Crippen molar-refractivity contribution in [2.75, 3.05) is 6.54 Å². The summed E-state index contributed by atoms with van der Waals surface area (Å²) < 4.78 is 13.7. The van der Waals surface area contributed by atoms with Crippen LogP contribution in [0.1, 0.15) is 74.5 Å². The largest absolute Gasteiger partial charge is 0.313 e. The van der Waals surface area contributed by atoms with Crippen molar-refractivity contribution in [3.63, 3.8) is 0 Å². The second kappa shape index (κ2) is 8.86. The SMILES string of the molecule is Cc1cc(F)cc(CNCCC2(c3ccc(P)cc3)CCCC3(CCCC3)C2)c1. The summed E-state index contributed by atoms with van der Waals surface area (Å²) in [5.41, 5.74) is 4.42. The van der Waals surface area contributed by atoms with E-state index in [1.807, 2.05) is 6.92 Å². The highest BCUT2D eigenvalue weighted by Gasteiger charge is 2.46. The van der Waals surface area contributed by atoms with E-state index in [0.717, 1.165) is 24.2 Å². The van der Waals surface area contributed by atoms with E-state index in [-0.39, 0.29) is 11.2 Å². The molecule has 2 fully saturated rings. The van der Waals surface area contributed by atoms with E-state index in [1.54, 1.807) is 12.1 Å². The van der Waals surface area contributed by atoms with Crippen LogP contribution < -0.4 is 10.6 Å². The lowest BCUT2D eigenvalue weighted by Crippen LogP contribution is -2.40. The summed E-state index contributed by atoms with van der Waals surface area (Å²) in [4.78, 5) is 0. The van der Waals surface area contributed by atoms with Gasteiger partial charge in [0, 0.05) is 6.54 Å². The Balaban J connectivity index is 1.47. The molecule has 1 nitrogen and oxygen atoms in total. The van der Waals surface area contributed by atoms with E-state index in [0.29, 0.717) is 5.41 Å². The summed E-state index contributed by atoms with van der Waals surface area (Å²) >= 11 is 0. The molecular formula is C26H35FNP. The first-order valence-electron chi connectivity index (χ1n) is 11.3.